The van der Waals surface area contributed by atoms with E-state index in [-0.39, 0.29) is 5.31 Å². The van der Waals surface area contributed by atoms with Crippen molar-refractivity contribution in [3.63, 3.8) is 0 Å². The quantitative estimate of drug-likeness (QED) is 0.580. The highest BCUT2D eigenvalue weighted by Crippen LogP contribution is 3.06. The van der Waals surface area contributed by atoms with E-state index in [1.165, 1.54) is 6.42 Å². The fraction of sp³-hybridized carbons (Fsp3) is 1.00. The van der Waals surface area contributed by atoms with Crippen LogP contribution in [0.4, 0.5) is 0 Å². The zero-order valence-corrected chi connectivity index (χ0v) is 14.4. The molecule has 0 saturated heterocycles. The molecule has 0 heterocycles. The van der Waals surface area contributed by atoms with E-state index in [1.54, 1.807) is 44.9 Å². The molecule has 9 aliphatic rings. The van der Waals surface area contributed by atoms with Crippen molar-refractivity contribution in [2.24, 2.45) is 69.0 Å². The minimum Gasteiger partial charge on any atom is -0.0592 e. The van der Waals surface area contributed by atoms with Gasteiger partial charge in [-0.25, -0.2) is 0 Å². The Balaban J connectivity index is 1.47. The molecule has 0 aromatic carbocycles. The lowest BCUT2D eigenvalue weighted by atomic mass is 9.12. The van der Waals surface area contributed by atoms with Crippen LogP contribution >= 0.6 is 0 Å². The van der Waals surface area contributed by atoms with Gasteiger partial charge in [-0.05, 0) is 114 Å². The van der Waals surface area contributed by atoms with Gasteiger partial charge in [0.2, 0.25) is 0 Å². The SMILES string of the molecule is [B]C12CC3CC4CC5CC6C7C[C@@]58C[C@@]45CC3CC1(C)[C@@]7(C62)C58. The number of hydrogen-bond donors (Lipinski definition) is 0. The molecule has 0 N–H and O–H groups in total. The third-order valence-electron chi connectivity index (χ3n) is 13.4. The van der Waals surface area contributed by atoms with Crippen molar-refractivity contribution in [3.8, 4) is 0 Å². The van der Waals surface area contributed by atoms with E-state index < -0.39 is 0 Å². The van der Waals surface area contributed by atoms with E-state index >= 15 is 0 Å². The highest BCUT2D eigenvalue weighted by molar-refractivity contribution is 6.17. The van der Waals surface area contributed by atoms with Gasteiger partial charge in [0.05, 0.1) is 7.85 Å². The van der Waals surface area contributed by atoms with Gasteiger partial charge in [-0.15, -0.1) is 0 Å². The molecule has 9 rings (SSSR count). The van der Waals surface area contributed by atoms with Crippen LogP contribution in [0.2, 0.25) is 5.31 Å². The molecule has 0 amide bonds. The van der Waals surface area contributed by atoms with Gasteiger partial charge in [0.15, 0.2) is 0 Å². The molecule has 10 unspecified atom stereocenters. The lowest BCUT2D eigenvalue weighted by Crippen LogP contribution is -2.82. The standard InChI is InChI=1S/C22H27B/c1-18-5-11-6-19-9-20-8-15-14-4-13(20)3-12(19)2-10(11)7-21(18,23)16(14)22(15,18)17(19)20/h10-17H,2-9H2,1H3/t10?,11?,12?,13?,14?,15?,16?,17?,18?,19-,20+,21?,22-/m0/s1. The fourth-order valence-corrected chi connectivity index (χ4v) is 13.9. The Morgan fingerprint density at radius 1 is 0.870 bits per heavy atom. The van der Waals surface area contributed by atoms with Gasteiger partial charge >= 0.3 is 0 Å². The van der Waals surface area contributed by atoms with Gasteiger partial charge in [-0.2, -0.15) is 0 Å². The summed E-state index contributed by atoms with van der Waals surface area (Å²) < 4.78 is 0. The lowest BCUT2D eigenvalue weighted by Gasteiger charge is -2.88. The second kappa shape index (κ2) is 2.54. The van der Waals surface area contributed by atoms with Crippen molar-refractivity contribution in [2.45, 2.75) is 63.6 Å². The topological polar surface area (TPSA) is 0 Å². The molecule has 3 bridgehead atoms. The minimum atomic E-state index is 0.262. The largest absolute Gasteiger partial charge is 0.0758 e. The van der Waals surface area contributed by atoms with E-state index in [0.29, 0.717) is 5.41 Å². The minimum absolute atomic E-state index is 0.262. The van der Waals surface area contributed by atoms with Crippen LogP contribution in [0.5, 0.6) is 0 Å². The first-order chi connectivity index (χ1) is 11.0. The molecule has 0 aromatic rings. The molecule has 23 heavy (non-hydrogen) atoms. The predicted octanol–water partition coefficient (Wildman–Crippen LogP) is 4.45. The third kappa shape index (κ3) is 0.659. The molecule has 9 aliphatic carbocycles. The van der Waals surface area contributed by atoms with Gasteiger partial charge < -0.3 is 0 Å². The normalized spacial score (nSPS) is 87.9. The van der Waals surface area contributed by atoms with Crippen molar-refractivity contribution in [3.05, 3.63) is 0 Å². The second-order valence-electron chi connectivity index (χ2n) is 12.6. The lowest BCUT2D eigenvalue weighted by molar-refractivity contribution is -0.360. The first-order valence-corrected chi connectivity index (χ1v) is 10.8. The Labute approximate surface area is 141 Å². The highest BCUT2D eigenvalue weighted by Gasteiger charge is 2.99. The summed E-state index contributed by atoms with van der Waals surface area (Å²) in [4.78, 5) is 0. The van der Waals surface area contributed by atoms with Crippen molar-refractivity contribution in [1.82, 2.24) is 0 Å². The zero-order chi connectivity index (χ0) is 14.8. The number of rotatable bonds is 0. The highest BCUT2D eigenvalue weighted by atomic mass is 15.0. The van der Waals surface area contributed by atoms with Crippen LogP contribution in [0.15, 0.2) is 0 Å². The molecule has 3 spiro atoms. The summed E-state index contributed by atoms with van der Waals surface area (Å²) in [6, 6.07) is 0. The van der Waals surface area contributed by atoms with Gasteiger partial charge in [-0.3, -0.25) is 0 Å². The summed E-state index contributed by atoms with van der Waals surface area (Å²) >= 11 is 0. The Kier molecular flexibility index (Phi) is 1.29. The van der Waals surface area contributed by atoms with E-state index in [1.807, 2.05) is 0 Å². The molecule has 1 heteroatoms. The number of fused-ring (bicyclic) bond motifs is 4. The maximum atomic E-state index is 7.42. The molecule has 9 saturated carbocycles. The Morgan fingerprint density at radius 3 is 2.61 bits per heavy atom. The maximum Gasteiger partial charge on any atom is 0.0758 e. The Bertz CT molecular complexity index is 744. The van der Waals surface area contributed by atoms with E-state index in [4.69, 9.17) is 7.85 Å². The molecule has 9 fully saturated rings. The first-order valence-electron chi connectivity index (χ1n) is 10.8. The van der Waals surface area contributed by atoms with Crippen molar-refractivity contribution in [1.29, 1.82) is 0 Å². The average molecular weight is 302 g/mol. The van der Waals surface area contributed by atoms with Crippen LogP contribution in [0, 0.1) is 69.0 Å². The van der Waals surface area contributed by atoms with Crippen LogP contribution in [0.1, 0.15) is 58.3 Å². The van der Waals surface area contributed by atoms with Crippen LogP contribution in [0.3, 0.4) is 0 Å². The molecule has 0 aromatic heterocycles. The third-order valence-corrected chi connectivity index (χ3v) is 13.4. The summed E-state index contributed by atoms with van der Waals surface area (Å²) in [5.74, 6) is 8.68. The van der Waals surface area contributed by atoms with Crippen LogP contribution in [-0.2, 0) is 0 Å². The molecule has 0 nitrogen and oxygen atoms in total. The summed E-state index contributed by atoms with van der Waals surface area (Å²) in [6.45, 7) is 2.72. The Hall–Kier alpha value is 0.0649. The summed E-state index contributed by atoms with van der Waals surface area (Å²) in [7, 11) is 7.42. The summed E-state index contributed by atoms with van der Waals surface area (Å²) in [5.41, 5.74) is 3.00. The van der Waals surface area contributed by atoms with Crippen molar-refractivity contribution >= 4 is 7.85 Å². The van der Waals surface area contributed by atoms with E-state index in [9.17, 15) is 0 Å². The maximum absolute atomic E-state index is 7.42. The first kappa shape index (κ1) is 11.6. The number of hydrogen-bond acceptors (Lipinski definition) is 0. The fourth-order valence-electron chi connectivity index (χ4n) is 13.9. The second-order valence-corrected chi connectivity index (χ2v) is 12.6. The molecule has 118 valence electrons. The van der Waals surface area contributed by atoms with Gasteiger partial charge in [0, 0.05) is 0 Å². The molecular formula is C22H27B. The summed E-state index contributed by atoms with van der Waals surface area (Å²) in [5, 5.41) is 0.262. The van der Waals surface area contributed by atoms with Crippen molar-refractivity contribution < 1.29 is 0 Å². The monoisotopic (exact) mass is 302 g/mol. The zero-order valence-electron chi connectivity index (χ0n) is 14.4. The Morgan fingerprint density at radius 2 is 1.70 bits per heavy atom. The van der Waals surface area contributed by atoms with E-state index in [0.717, 1.165) is 63.6 Å². The van der Waals surface area contributed by atoms with Crippen LogP contribution < -0.4 is 0 Å². The summed E-state index contributed by atoms with van der Waals surface area (Å²) in [6.07, 6.45) is 12.8. The van der Waals surface area contributed by atoms with Gasteiger partial charge in [0.1, 0.15) is 0 Å². The molecule has 13 atom stereocenters. The predicted molar refractivity (Wildman–Crippen MR) is 88.7 cm³/mol. The van der Waals surface area contributed by atoms with Crippen molar-refractivity contribution in [2.75, 3.05) is 0 Å². The van der Waals surface area contributed by atoms with Crippen LogP contribution in [-0.4, -0.2) is 7.85 Å². The van der Waals surface area contributed by atoms with Crippen LogP contribution in [0.25, 0.3) is 0 Å². The van der Waals surface area contributed by atoms with Gasteiger partial charge in [0.25, 0.3) is 0 Å². The molecular weight excluding hydrogens is 275 g/mol. The van der Waals surface area contributed by atoms with Gasteiger partial charge in [-0.1, -0.05) is 18.7 Å². The smallest absolute Gasteiger partial charge is 0.0592 e. The molecule has 0 aliphatic heterocycles. The average Bonchev–Trinajstić information content (AvgIpc) is 2.62. The molecule has 2 radical (unpaired) electrons. The van der Waals surface area contributed by atoms with E-state index in [2.05, 4.69) is 6.92 Å².